The number of hydrogen-bond donors (Lipinski definition) is 0. The molecular formula is C27H21N3. The molecule has 0 fully saturated rings. The van der Waals surface area contributed by atoms with Gasteiger partial charge in [0.05, 0.1) is 11.6 Å². The van der Waals surface area contributed by atoms with Gasteiger partial charge in [0.15, 0.2) is 5.82 Å². The van der Waals surface area contributed by atoms with Crippen LogP contribution in [-0.2, 0) is 0 Å². The van der Waals surface area contributed by atoms with Crippen molar-refractivity contribution in [2.75, 3.05) is 0 Å². The summed E-state index contributed by atoms with van der Waals surface area (Å²) in [4.78, 5) is 5.06. The molecule has 0 saturated carbocycles. The van der Waals surface area contributed by atoms with E-state index in [4.69, 9.17) is 10.1 Å². The molecule has 0 radical (unpaired) electrons. The first-order valence-corrected chi connectivity index (χ1v) is 10.1. The molecule has 0 aliphatic carbocycles. The van der Waals surface area contributed by atoms with Gasteiger partial charge < -0.3 is 0 Å². The highest BCUT2D eigenvalue weighted by Crippen LogP contribution is 2.33. The van der Waals surface area contributed by atoms with Crippen LogP contribution >= 0.6 is 0 Å². The number of para-hydroxylation sites is 1. The summed E-state index contributed by atoms with van der Waals surface area (Å²) in [5, 5.41) is 4.93. The van der Waals surface area contributed by atoms with E-state index in [1.54, 1.807) is 0 Å². The van der Waals surface area contributed by atoms with E-state index in [0.29, 0.717) is 0 Å². The van der Waals surface area contributed by atoms with Crippen LogP contribution in [0, 0.1) is 0 Å². The van der Waals surface area contributed by atoms with Crippen molar-refractivity contribution in [3.63, 3.8) is 0 Å². The van der Waals surface area contributed by atoms with Crippen LogP contribution in [0.15, 0.2) is 121 Å². The minimum absolute atomic E-state index is 0.0300. The zero-order valence-electron chi connectivity index (χ0n) is 16.5. The molecule has 0 saturated heterocycles. The summed E-state index contributed by atoms with van der Waals surface area (Å²) in [5.74, 6) is 1.60. The highest BCUT2D eigenvalue weighted by Gasteiger charge is 2.25. The molecule has 0 unspecified atom stereocenters. The molecule has 0 N–H and O–H groups in total. The normalized spacial score (nSPS) is 11.0. The largest absolute Gasteiger partial charge is 0.216 e. The lowest BCUT2D eigenvalue weighted by Gasteiger charge is -2.18. The first kappa shape index (κ1) is 18.1. The Morgan fingerprint density at radius 1 is 0.533 bits per heavy atom. The lowest BCUT2D eigenvalue weighted by molar-refractivity contribution is 0.764. The highest BCUT2D eigenvalue weighted by atomic mass is 15.4. The first-order valence-electron chi connectivity index (χ1n) is 10.1. The summed E-state index contributed by atoms with van der Waals surface area (Å²) in [6, 6.07) is 41.4. The summed E-state index contributed by atoms with van der Waals surface area (Å²) >= 11 is 0. The van der Waals surface area contributed by atoms with E-state index in [9.17, 15) is 0 Å². The molecular weight excluding hydrogens is 366 g/mol. The van der Waals surface area contributed by atoms with Gasteiger partial charge in [0.2, 0.25) is 0 Å². The molecule has 4 aromatic carbocycles. The predicted molar refractivity (Wildman–Crippen MR) is 121 cm³/mol. The maximum absolute atomic E-state index is 5.06. The third-order valence-corrected chi connectivity index (χ3v) is 5.19. The minimum atomic E-state index is -0.0300. The summed E-state index contributed by atoms with van der Waals surface area (Å²) in [7, 11) is 0. The fourth-order valence-electron chi connectivity index (χ4n) is 3.76. The lowest BCUT2D eigenvalue weighted by Crippen LogP contribution is -2.11. The van der Waals surface area contributed by atoms with Crippen LogP contribution in [0.3, 0.4) is 0 Å². The summed E-state index contributed by atoms with van der Waals surface area (Å²) in [6.45, 7) is 0. The number of hydrogen-bond acceptors (Lipinski definition) is 2. The maximum atomic E-state index is 5.06. The van der Waals surface area contributed by atoms with Crippen molar-refractivity contribution >= 4 is 0 Å². The van der Waals surface area contributed by atoms with E-state index in [1.165, 1.54) is 11.1 Å². The molecule has 0 amide bonds. The van der Waals surface area contributed by atoms with Crippen LogP contribution in [0.2, 0.25) is 0 Å². The second-order valence-corrected chi connectivity index (χ2v) is 7.16. The Labute approximate surface area is 176 Å². The third-order valence-electron chi connectivity index (χ3n) is 5.19. The molecule has 5 rings (SSSR count). The van der Waals surface area contributed by atoms with Crippen molar-refractivity contribution in [1.82, 2.24) is 14.8 Å². The van der Waals surface area contributed by atoms with Crippen LogP contribution in [0.4, 0.5) is 0 Å². The van der Waals surface area contributed by atoms with Crippen LogP contribution < -0.4 is 0 Å². The maximum Gasteiger partial charge on any atom is 0.181 e. The van der Waals surface area contributed by atoms with Gasteiger partial charge in [-0.15, -0.1) is 5.10 Å². The van der Waals surface area contributed by atoms with E-state index in [1.807, 2.05) is 53.2 Å². The van der Waals surface area contributed by atoms with E-state index >= 15 is 0 Å². The fourth-order valence-corrected chi connectivity index (χ4v) is 3.76. The Morgan fingerprint density at radius 2 is 1.00 bits per heavy atom. The Balaban J connectivity index is 1.75. The molecule has 5 aromatic rings. The molecule has 1 heterocycles. The standard InChI is InChI=1S/C27H21N3/c1-5-13-21(14-6-1)25(22-15-7-2-8-16-22)27-28-26(23-17-9-3-10-18-23)29-30(27)24-19-11-4-12-20-24/h1-20,25H. The number of rotatable bonds is 5. The highest BCUT2D eigenvalue weighted by molar-refractivity contribution is 5.56. The van der Waals surface area contributed by atoms with Crippen molar-refractivity contribution in [3.05, 3.63) is 138 Å². The third kappa shape index (κ3) is 3.53. The Morgan fingerprint density at radius 3 is 1.53 bits per heavy atom. The second kappa shape index (κ2) is 8.18. The summed E-state index contributed by atoms with van der Waals surface area (Å²) in [6.07, 6.45) is 0. The van der Waals surface area contributed by atoms with E-state index < -0.39 is 0 Å². The zero-order chi connectivity index (χ0) is 20.2. The molecule has 3 nitrogen and oxygen atoms in total. The lowest BCUT2D eigenvalue weighted by atomic mass is 9.90. The fraction of sp³-hybridized carbons (Fsp3) is 0.0370. The van der Waals surface area contributed by atoms with Crippen LogP contribution in [0.25, 0.3) is 17.1 Å². The van der Waals surface area contributed by atoms with Crippen LogP contribution in [0.5, 0.6) is 0 Å². The van der Waals surface area contributed by atoms with Gasteiger partial charge in [-0.3, -0.25) is 0 Å². The topological polar surface area (TPSA) is 30.7 Å². The number of aromatic nitrogens is 3. The van der Waals surface area contributed by atoms with Crippen molar-refractivity contribution in [2.24, 2.45) is 0 Å². The molecule has 0 atom stereocenters. The van der Waals surface area contributed by atoms with Gasteiger partial charge in [-0.05, 0) is 23.3 Å². The molecule has 1 aromatic heterocycles. The molecule has 3 heteroatoms. The Bertz CT molecular complexity index is 1180. The average molecular weight is 387 g/mol. The van der Waals surface area contributed by atoms with Crippen LogP contribution in [0.1, 0.15) is 22.9 Å². The quantitative estimate of drug-likeness (QED) is 0.364. The molecule has 0 aliphatic rings. The van der Waals surface area contributed by atoms with Gasteiger partial charge in [-0.1, -0.05) is 109 Å². The van der Waals surface area contributed by atoms with Crippen molar-refractivity contribution < 1.29 is 0 Å². The van der Waals surface area contributed by atoms with Crippen molar-refractivity contribution in [1.29, 1.82) is 0 Å². The number of nitrogens with zero attached hydrogens (tertiary/aromatic N) is 3. The summed E-state index contributed by atoms with van der Waals surface area (Å²) < 4.78 is 1.98. The predicted octanol–water partition coefficient (Wildman–Crippen LogP) is 6.11. The number of benzene rings is 4. The Hall–Kier alpha value is -3.98. The van der Waals surface area contributed by atoms with Gasteiger partial charge in [0.1, 0.15) is 5.82 Å². The molecule has 30 heavy (non-hydrogen) atoms. The smallest absolute Gasteiger partial charge is 0.181 e. The van der Waals surface area contributed by atoms with Crippen molar-refractivity contribution in [3.8, 4) is 17.1 Å². The van der Waals surface area contributed by atoms with Crippen molar-refractivity contribution in [2.45, 2.75) is 5.92 Å². The monoisotopic (exact) mass is 387 g/mol. The molecule has 0 aliphatic heterocycles. The van der Waals surface area contributed by atoms with E-state index in [-0.39, 0.29) is 5.92 Å². The van der Waals surface area contributed by atoms with Gasteiger partial charge >= 0.3 is 0 Å². The first-order chi connectivity index (χ1) is 14.9. The molecule has 0 spiro atoms. The SMILES string of the molecule is c1ccc(-c2nc(C(c3ccccc3)c3ccccc3)n(-c3ccccc3)n2)cc1. The molecule has 144 valence electrons. The zero-order valence-corrected chi connectivity index (χ0v) is 16.5. The second-order valence-electron chi connectivity index (χ2n) is 7.16. The van der Waals surface area contributed by atoms with E-state index in [2.05, 4.69) is 72.8 Å². The van der Waals surface area contributed by atoms with Gasteiger partial charge in [-0.25, -0.2) is 9.67 Å². The van der Waals surface area contributed by atoms with Gasteiger partial charge in [0, 0.05) is 5.56 Å². The van der Waals surface area contributed by atoms with Crippen LogP contribution in [-0.4, -0.2) is 14.8 Å². The average Bonchev–Trinajstić information content (AvgIpc) is 3.27. The van der Waals surface area contributed by atoms with Gasteiger partial charge in [-0.2, -0.15) is 0 Å². The molecule has 0 bridgehead atoms. The Kier molecular flexibility index (Phi) is 4.93. The van der Waals surface area contributed by atoms with E-state index in [0.717, 1.165) is 22.9 Å². The van der Waals surface area contributed by atoms with Gasteiger partial charge in [0.25, 0.3) is 0 Å². The summed E-state index contributed by atoms with van der Waals surface area (Å²) in [5.41, 5.74) is 4.38. The minimum Gasteiger partial charge on any atom is -0.216 e.